The number of nitrogens with zero attached hydrogens (tertiary/aromatic N) is 4. The minimum atomic E-state index is -0.0475. The Morgan fingerprint density at radius 3 is 2.91 bits per heavy atom. The number of rotatable bonds is 5. The number of hydrogen-bond acceptors (Lipinski definition) is 4. The Morgan fingerprint density at radius 1 is 1.36 bits per heavy atom. The van der Waals surface area contributed by atoms with Crippen molar-refractivity contribution >= 4 is 11.6 Å². The molecule has 1 amide bonds. The van der Waals surface area contributed by atoms with Gasteiger partial charge in [-0.15, -0.1) is 0 Å². The Morgan fingerprint density at radius 2 is 2.18 bits per heavy atom. The van der Waals surface area contributed by atoms with Crippen LogP contribution in [0.5, 0.6) is 0 Å². The van der Waals surface area contributed by atoms with Crippen molar-refractivity contribution in [2.45, 2.75) is 32.4 Å². The van der Waals surface area contributed by atoms with E-state index >= 15 is 0 Å². The van der Waals surface area contributed by atoms with Crippen LogP contribution in [0.3, 0.4) is 0 Å². The maximum Gasteiger partial charge on any atom is 0.251 e. The highest BCUT2D eigenvalue weighted by molar-refractivity contribution is 5.95. The molecule has 22 heavy (non-hydrogen) atoms. The zero-order valence-electron chi connectivity index (χ0n) is 12.8. The van der Waals surface area contributed by atoms with Crippen molar-refractivity contribution in [3.05, 3.63) is 42.5 Å². The van der Waals surface area contributed by atoms with E-state index in [0.29, 0.717) is 12.1 Å². The molecule has 1 fully saturated rings. The third-order valence-corrected chi connectivity index (χ3v) is 3.88. The van der Waals surface area contributed by atoms with E-state index in [-0.39, 0.29) is 11.9 Å². The summed E-state index contributed by atoms with van der Waals surface area (Å²) in [6.45, 7) is 4.73. The van der Waals surface area contributed by atoms with E-state index in [1.165, 1.54) is 19.2 Å². The summed E-state index contributed by atoms with van der Waals surface area (Å²) in [5.74, 6) is -0.0475. The fourth-order valence-electron chi connectivity index (χ4n) is 2.78. The summed E-state index contributed by atoms with van der Waals surface area (Å²) in [5, 5.41) is 7.06. The van der Waals surface area contributed by atoms with E-state index in [4.69, 9.17) is 0 Å². The second-order valence-electron chi connectivity index (χ2n) is 5.74. The fourth-order valence-corrected chi connectivity index (χ4v) is 2.78. The van der Waals surface area contributed by atoms with Gasteiger partial charge in [0.25, 0.3) is 5.91 Å². The lowest BCUT2D eigenvalue weighted by atomic mass is 10.1. The third kappa shape index (κ3) is 3.44. The van der Waals surface area contributed by atoms with Gasteiger partial charge in [0.05, 0.1) is 6.54 Å². The predicted molar refractivity (Wildman–Crippen MR) is 84.8 cm³/mol. The number of amides is 1. The van der Waals surface area contributed by atoms with Crippen LogP contribution in [0.25, 0.3) is 0 Å². The first kappa shape index (κ1) is 14.6. The van der Waals surface area contributed by atoms with Gasteiger partial charge in [-0.05, 0) is 38.0 Å². The lowest BCUT2D eigenvalue weighted by molar-refractivity contribution is 0.0936. The molecule has 6 nitrogen and oxygen atoms in total. The predicted octanol–water partition coefficient (Wildman–Crippen LogP) is 1.70. The molecule has 1 atom stereocenters. The number of nitrogens with one attached hydrogen (secondary N) is 1. The normalized spacial score (nSPS) is 15.8. The van der Waals surface area contributed by atoms with Crippen molar-refractivity contribution in [2.24, 2.45) is 0 Å². The Balaban J connectivity index is 1.63. The number of benzene rings is 1. The fraction of sp³-hybridized carbons (Fsp3) is 0.438. The van der Waals surface area contributed by atoms with Gasteiger partial charge in [-0.25, -0.2) is 4.98 Å². The average Bonchev–Trinajstić information content (AvgIpc) is 3.20. The molecule has 3 rings (SSSR count). The maximum atomic E-state index is 12.4. The summed E-state index contributed by atoms with van der Waals surface area (Å²) in [5.41, 5.74) is 1.84. The highest BCUT2D eigenvalue weighted by Crippen LogP contribution is 2.21. The Labute approximate surface area is 130 Å². The maximum absolute atomic E-state index is 12.4. The van der Waals surface area contributed by atoms with Crippen LogP contribution in [-0.4, -0.2) is 39.8 Å². The van der Waals surface area contributed by atoms with E-state index in [1.807, 2.05) is 25.1 Å². The number of carbonyl (C=O) groups excluding carboxylic acids is 1. The van der Waals surface area contributed by atoms with E-state index < -0.39 is 0 Å². The minimum absolute atomic E-state index is 0.00959. The molecule has 1 aromatic carbocycles. The van der Waals surface area contributed by atoms with E-state index in [2.05, 4.69) is 26.4 Å². The molecule has 0 spiro atoms. The first-order valence-electron chi connectivity index (χ1n) is 7.70. The Bertz CT molecular complexity index is 619. The van der Waals surface area contributed by atoms with Gasteiger partial charge in [-0.2, -0.15) is 5.10 Å². The summed E-state index contributed by atoms with van der Waals surface area (Å²) in [6.07, 6.45) is 5.60. The van der Waals surface area contributed by atoms with Crippen molar-refractivity contribution in [1.29, 1.82) is 0 Å². The van der Waals surface area contributed by atoms with Crippen LogP contribution in [0.4, 0.5) is 5.69 Å². The van der Waals surface area contributed by atoms with Gasteiger partial charge in [-0.3, -0.25) is 9.48 Å². The zero-order chi connectivity index (χ0) is 15.4. The van der Waals surface area contributed by atoms with Gasteiger partial charge >= 0.3 is 0 Å². The molecule has 2 aromatic rings. The van der Waals surface area contributed by atoms with Crippen LogP contribution in [0, 0.1) is 0 Å². The molecule has 0 saturated carbocycles. The van der Waals surface area contributed by atoms with Crippen LogP contribution in [0.2, 0.25) is 0 Å². The number of hydrogen-bond donors (Lipinski definition) is 1. The monoisotopic (exact) mass is 299 g/mol. The van der Waals surface area contributed by atoms with E-state index in [0.717, 1.165) is 18.8 Å². The molecule has 1 aliphatic heterocycles. The van der Waals surface area contributed by atoms with E-state index in [9.17, 15) is 4.79 Å². The summed E-state index contributed by atoms with van der Waals surface area (Å²) in [6, 6.07) is 7.84. The van der Waals surface area contributed by atoms with Gasteiger partial charge in [0.15, 0.2) is 0 Å². The highest BCUT2D eigenvalue weighted by atomic mass is 16.1. The van der Waals surface area contributed by atoms with Gasteiger partial charge < -0.3 is 10.2 Å². The average molecular weight is 299 g/mol. The molecule has 1 N–H and O–H groups in total. The standard InChI is InChI=1S/C16H21N5O/c1-13(10-21-12-17-11-18-21)19-16(22)14-5-4-6-15(9-14)20-7-2-3-8-20/h4-6,9,11-13H,2-3,7-8,10H2,1H3,(H,19,22)/t13-/m0/s1. The molecular weight excluding hydrogens is 278 g/mol. The summed E-state index contributed by atoms with van der Waals surface area (Å²) < 4.78 is 1.71. The van der Waals surface area contributed by atoms with Gasteiger partial charge in [0.2, 0.25) is 0 Å². The quantitative estimate of drug-likeness (QED) is 0.912. The molecule has 0 unspecified atom stereocenters. The van der Waals surface area contributed by atoms with E-state index in [1.54, 1.807) is 11.0 Å². The molecule has 116 valence electrons. The Kier molecular flexibility index (Phi) is 4.37. The van der Waals surface area contributed by atoms with Gasteiger partial charge in [0.1, 0.15) is 12.7 Å². The SMILES string of the molecule is C[C@@H](Cn1cncn1)NC(=O)c1cccc(N2CCCC2)c1. The highest BCUT2D eigenvalue weighted by Gasteiger charge is 2.15. The molecule has 1 aromatic heterocycles. The Hall–Kier alpha value is -2.37. The second kappa shape index (κ2) is 6.60. The lowest BCUT2D eigenvalue weighted by Crippen LogP contribution is -2.35. The minimum Gasteiger partial charge on any atom is -0.372 e. The van der Waals surface area contributed by atoms with Crippen LogP contribution >= 0.6 is 0 Å². The molecule has 1 aliphatic rings. The molecule has 0 radical (unpaired) electrons. The van der Waals surface area contributed by atoms with Crippen LogP contribution in [0.15, 0.2) is 36.9 Å². The van der Waals surface area contributed by atoms with Crippen LogP contribution < -0.4 is 10.2 Å². The van der Waals surface area contributed by atoms with Crippen molar-refractivity contribution in [2.75, 3.05) is 18.0 Å². The van der Waals surface area contributed by atoms with Crippen molar-refractivity contribution < 1.29 is 4.79 Å². The molecule has 2 heterocycles. The molecule has 0 bridgehead atoms. The number of carbonyl (C=O) groups is 1. The molecular formula is C16H21N5O. The number of anilines is 1. The third-order valence-electron chi connectivity index (χ3n) is 3.88. The summed E-state index contributed by atoms with van der Waals surface area (Å²) >= 11 is 0. The summed E-state index contributed by atoms with van der Waals surface area (Å²) in [7, 11) is 0. The second-order valence-corrected chi connectivity index (χ2v) is 5.74. The van der Waals surface area contributed by atoms with Gasteiger partial charge in [-0.1, -0.05) is 6.07 Å². The molecule has 0 aliphatic carbocycles. The van der Waals surface area contributed by atoms with Crippen molar-refractivity contribution in [3.63, 3.8) is 0 Å². The lowest BCUT2D eigenvalue weighted by Gasteiger charge is -2.19. The summed E-state index contributed by atoms with van der Waals surface area (Å²) in [4.78, 5) is 18.6. The first-order valence-corrected chi connectivity index (χ1v) is 7.70. The van der Waals surface area contributed by atoms with Crippen molar-refractivity contribution in [1.82, 2.24) is 20.1 Å². The van der Waals surface area contributed by atoms with Crippen LogP contribution in [0.1, 0.15) is 30.1 Å². The van der Waals surface area contributed by atoms with Crippen LogP contribution in [-0.2, 0) is 6.54 Å². The largest absolute Gasteiger partial charge is 0.372 e. The first-order chi connectivity index (χ1) is 10.7. The zero-order valence-corrected chi connectivity index (χ0v) is 12.8. The number of aromatic nitrogens is 3. The topological polar surface area (TPSA) is 63.1 Å². The van der Waals surface area contributed by atoms with Gasteiger partial charge in [0, 0.05) is 30.4 Å². The molecule has 1 saturated heterocycles. The van der Waals surface area contributed by atoms with Crippen molar-refractivity contribution in [3.8, 4) is 0 Å². The molecule has 6 heteroatoms. The smallest absolute Gasteiger partial charge is 0.251 e.